The Morgan fingerprint density at radius 2 is 2.12 bits per heavy atom. The lowest BCUT2D eigenvalue weighted by Gasteiger charge is -2.24. The lowest BCUT2D eigenvalue weighted by molar-refractivity contribution is 0.354. The molecule has 0 saturated heterocycles. The lowest BCUT2D eigenvalue weighted by Crippen LogP contribution is -2.37. The largest absolute Gasteiger partial charge is 0.471 e. The molecule has 2 aromatic rings. The average molecular weight is 414 g/mol. The van der Waals surface area contributed by atoms with Crippen LogP contribution in [0.2, 0.25) is 0 Å². The highest BCUT2D eigenvalue weighted by atomic mass is 32.1. The summed E-state index contributed by atoms with van der Waals surface area (Å²) >= 11 is 3.18. The second-order valence-corrected chi connectivity index (χ2v) is 10.4. The van der Waals surface area contributed by atoms with Crippen LogP contribution in [0.5, 0.6) is 5.06 Å². The molecule has 0 aliphatic carbocycles. The van der Waals surface area contributed by atoms with Crippen molar-refractivity contribution in [3.8, 4) is 16.9 Å². The topological polar surface area (TPSA) is 92.8 Å². The molecule has 0 aromatic carbocycles. The fourth-order valence-corrected chi connectivity index (χ4v) is 4.66. The van der Waals surface area contributed by atoms with Gasteiger partial charge in [0, 0.05) is 10.4 Å². The molecule has 0 radical (unpaired) electrons. The summed E-state index contributed by atoms with van der Waals surface area (Å²) < 4.78 is 16.6. The molecule has 4 N–H and O–H groups in total. The van der Waals surface area contributed by atoms with Gasteiger partial charge in [-0.3, -0.25) is 4.57 Å². The van der Waals surface area contributed by atoms with Crippen molar-refractivity contribution in [2.75, 3.05) is 12.8 Å². The molecule has 1 atom stereocenters. The molecule has 0 fully saturated rings. The van der Waals surface area contributed by atoms with E-state index >= 15 is 0 Å². The second-order valence-electron chi connectivity index (χ2n) is 6.59. The Bertz CT molecular complexity index is 826. The van der Waals surface area contributed by atoms with Crippen LogP contribution in [0.25, 0.3) is 0 Å². The van der Waals surface area contributed by atoms with E-state index in [4.69, 9.17) is 20.3 Å². The van der Waals surface area contributed by atoms with Crippen molar-refractivity contribution in [1.82, 2.24) is 0 Å². The lowest BCUT2D eigenvalue weighted by atomic mass is 9.94. The van der Waals surface area contributed by atoms with Crippen molar-refractivity contribution in [1.29, 1.82) is 0 Å². The zero-order valence-electron chi connectivity index (χ0n) is 14.9. The van der Waals surface area contributed by atoms with Gasteiger partial charge in [0.25, 0.3) is 0 Å². The molecule has 0 bridgehead atoms. The molecule has 2 aromatic heterocycles. The Kier molecular flexibility index (Phi) is 7.48. The Labute approximate surface area is 162 Å². The summed E-state index contributed by atoms with van der Waals surface area (Å²) in [5.74, 6) is 6.11. The van der Waals surface area contributed by atoms with E-state index in [9.17, 15) is 4.57 Å². The van der Waals surface area contributed by atoms with Gasteiger partial charge in [-0.05, 0) is 62.3 Å². The summed E-state index contributed by atoms with van der Waals surface area (Å²) in [6, 6.07) is 5.99. The maximum Gasteiger partial charge on any atom is 0.325 e. The predicted molar refractivity (Wildman–Crippen MR) is 108 cm³/mol. The van der Waals surface area contributed by atoms with Crippen molar-refractivity contribution >= 4 is 30.3 Å². The first-order chi connectivity index (χ1) is 12.1. The van der Waals surface area contributed by atoms with E-state index in [0.29, 0.717) is 19.4 Å². The van der Waals surface area contributed by atoms with Gasteiger partial charge in [-0.15, -0.1) is 22.7 Å². The molecule has 26 heavy (non-hydrogen) atoms. The standard InChI is InChI=1S/C18H24NO4PS2/c1-14-12-17(25-13-14)23-10-3-4-15-5-6-16(26-15)7-8-18(2,19)9-11-24(20,21)22/h5-6,12-13H,7-11,19H2,1-2H3,(H2,20,21,22). The zero-order chi connectivity index (χ0) is 19.2. The van der Waals surface area contributed by atoms with E-state index in [1.165, 1.54) is 5.56 Å². The number of nitrogens with two attached hydrogens (primary N) is 1. The molecule has 5 nitrogen and oxygen atoms in total. The van der Waals surface area contributed by atoms with Gasteiger partial charge in [0.15, 0.2) is 5.06 Å². The maximum absolute atomic E-state index is 11.0. The molecule has 2 heterocycles. The molecule has 0 saturated carbocycles. The minimum Gasteiger partial charge on any atom is -0.471 e. The fourth-order valence-electron chi connectivity index (χ4n) is 2.23. The van der Waals surface area contributed by atoms with Crippen molar-refractivity contribution in [3.63, 3.8) is 0 Å². The highest BCUT2D eigenvalue weighted by molar-refractivity contribution is 7.51. The summed E-state index contributed by atoms with van der Waals surface area (Å²) in [5.41, 5.74) is 6.75. The van der Waals surface area contributed by atoms with Gasteiger partial charge in [0.05, 0.1) is 11.0 Å². The summed E-state index contributed by atoms with van der Waals surface area (Å²) in [6.07, 6.45) is 1.56. The van der Waals surface area contributed by atoms with E-state index in [-0.39, 0.29) is 6.16 Å². The van der Waals surface area contributed by atoms with E-state index < -0.39 is 13.1 Å². The molecule has 0 aliphatic rings. The third-order valence-corrected chi connectivity index (χ3v) is 6.61. The van der Waals surface area contributed by atoms with E-state index in [2.05, 4.69) is 11.8 Å². The maximum atomic E-state index is 11.0. The Hall–Kier alpha value is -1.13. The summed E-state index contributed by atoms with van der Waals surface area (Å²) in [5, 5.41) is 2.92. The third kappa shape index (κ3) is 8.05. The molecular formula is C18H24NO4PS2. The van der Waals surface area contributed by atoms with Crippen LogP contribution in [0.3, 0.4) is 0 Å². The fraction of sp³-hybridized carbons (Fsp3) is 0.444. The monoisotopic (exact) mass is 413 g/mol. The molecule has 0 aliphatic heterocycles. The average Bonchev–Trinajstić information content (AvgIpc) is 3.16. The van der Waals surface area contributed by atoms with Crippen LogP contribution >= 0.6 is 30.3 Å². The van der Waals surface area contributed by atoms with Crippen LogP contribution in [0.4, 0.5) is 0 Å². The Morgan fingerprint density at radius 3 is 2.77 bits per heavy atom. The normalized spacial score (nSPS) is 13.7. The molecule has 0 spiro atoms. The zero-order valence-corrected chi connectivity index (χ0v) is 17.4. The molecule has 2 rings (SSSR count). The number of rotatable bonds is 8. The molecule has 8 heteroatoms. The first-order valence-corrected chi connectivity index (χ1v) is 11.7. The van der Waals surface area contributed by atoms with E-state index in [0.717, 1.165) is 21.2 Å². The van der Waals surface area contributed by atoms with Crippen molar-refractivity contribution in [3.05, 3.63) is 38.9 Å². The first-order valence-electron chi connectivity index (χ1n) is 8.22. The van der Waals surface area contributed by atoms with Gasteiger partial charge in [0.2, 0.25) is 0 Å². The second kappa shape index (κ2) is 9.18. The summed E-state index contributed by atoms with van der Waals surface area (Å²) in [7, 11) is -4.00. The van der Waals surface area contributed by atoms with Crippen molar-refractivity contribution in [2.45, 2.75) is 38.6 Å². The van der Waals surface area contributed by atoms with Gasteiger partial charge in [-0.2, -0.15) is 0 Å². The number of hydrogen-bond donors (Lipinski definition) is 3. The van der Waals surface area contributed by atoms with Gasteiger partial charge >= 0.3 is 7.60 Å². The minimum absolute atomic E-state index is 0.176. The third-order valence-electron chi connectivity index (χ3n) is 3.78. The number of hydrogen-bond acceptors (Lipinski definition) is 5. The van der Waals surface area contributed by atoms with Crippen LogP contribution in [-0.2, 0) is 11.0 Å². The predicted octanol–water partition coefficient (Wildman–Crippen LogP) is 3.77. The van der Waals surface area contributed by atoms with Crippen molar-refractivity contribution in [2.24, 2.45) is 5.73 Å². The summed E-state index contributed by atoms with van der Waals surface area (Å²) in [6.45, 7) is 4.22. The van der Waals surface area contributed by atoms with Gasteiger partial charge < -0.3 is 20.3 Å². The molecular weight excluding hydrogens is 389 g/mol. The Morgan fingerprint density at radius 1 is 1.35 bits per heavy atom. The number of thiophene rings is 2. The van der Waals surface area contributed by atoms with Crippen LogP contribution in [0.15, 0.2) is 23.6 Å². The first kappa shape index (κ1) is 21.2. The number of ether oxygens (including phenoxy) is 1. The molecule has 142 valence electrons. The van der Waals surface area contributed by atoms with Crippen LogP contribution in [-0.4, -0.2) is 28.1 Å². The van der Waals surface area contributed by atoms with Gasteiger partial charge in [-0.1, -0.05) is 11.8 Å². The minimum atomic E-state index is -4.00. The van der Waals surface area contributed by atoms with Crippen LogP contribution in [0.1, 0.15) is 35.1 Å². The van der Waals surface area contributed by atoms with E-state index in [1.807, 2.05) is 37.4 Å². The Balaban J connectivity index is 1.78. The smallest absolute Gasteiger partial charge is 0.325 e. The summed E-state index contributed by atoms with van der Waals surface area (Å²) in [4.78, 5) is 20.1. The highest BCUT2D eigenvalue weighted by Gasteiger charge is 2.23. The molecule has 1 unspecified atom stereocenters. The SMILES string of the molecule is Cc1csc(OCC#Cc2ccc(CCC(C)(N)CCP(=O)(O)O)s2)c1. The van der Waals surface area contributed by atoms with Crippen LogP contribution in [0, 0.1) is 18.8 Å². The number of aryl methyl sites for hydroxylation is 2. The van der Waals surface area contributed by atoms with Crippen LogP contribution < -0.4 is 10.5 Å². The quantitative estimate of drug-likeness (QED) is 0.453. The van der Waals surface area contributed by atoms with E-state index in [1.54, 1.807) is 22.7 Å². The van der Waals surface area contributed by atoms with Crippen molar-refractivity contribution < 1.29 is 19.1 Å². The van der Waals surface area contributed by atoms with Gasteiger partial charge in [-0.25, -0.2) is 0 Å². The highest BCUT2D eigenvalue weighted by Crippen LogP contribution is 2.37. The molecule has 0 amide bonds. The van der Waals surface area contributed by atoms with Gasteiger partial charge in [0.1, 0.15) is 6.61 Å².